The first-order valence-electron chi connectivity index (χ1n) is 8.95. The van der Waals surface area contributed by atoms with Crippen molar-refractivity contribution in [3.05, 3.63) is 95.1 Å². The molecule has 4 nitrogen and oxygen atoms in total. The quantitative estimate of drug-likeness (QED) is 0.388. The van der Waals surface area contributed by atoms with Crippen molar-refractivity contribution >= 4 is 5.90 Å². The SMILES string of the molecule is CC1(C)c2ccccc2Oc2cccc(C(=N)OC(N)c3ccccc3)c21. The van der Waals surface area contributed by atoms with Crippen molar-refractivity contribution in [3.63, 3.8) is 0 Å². The zero-order valence-corrected chi connectivity index (χ0v) is 15.4. The van der Waals surface area contributed by atoms with Crippen LogP contribution in [0.2, 0.25) is 0 Å². The van der Waals surface area contributed by atoms with Crippen LogP contribution in [0.1, 0.15) is 42.3 Å². The summed E-state index contributed by atoms with van der Waals surface area (Å²) in [6, 6.07) is 23.2. The van der Waals surface area contributed by atoms with Crippen LogP contribution < -0.4 is 10.5 Å². The van der Waals surface area contributed by atoms with E-state index in [0.29, 0.717) is 5.56 Å². The average Bonchev–Trinajstić information content (AvgIpc) is 2.68. The molecule has 0 saturated heterocycles. The van der Waals surface area contributed by atoms with Crippen molar-refractivity contribution in [1.82, 2.24) is 0 Å². The Bertz CT molecular complexity index is 996. The van der Waals surface area contributed by atoms with Gasteiger partial charge < -0.3 is 9.47 Å². The number of benzene rings is 3. The minimum absolute atomic E-state index is 0.0410. The van der Waals surface area contributed by atoms with E-state index in [9.17, 15) is 0 Å². The second kappa shape index (κ2) is 6.56. The number of ether oxygens (including phenoxy) is 2. The molecule has 0 amide bonds. The molecular formula is C23H22N2O2. The Morgan fingerprint density at radius 3 is 2.37 bits per heavy atom. The van der Waals surface area contributed by atoms with Crippen LogP contribution >= 0.6 is 0 Å². The van der Waals surface area contributed by atoms with E-state index in [2.05, 4.69) is 19.9 Å². The van der Waals surface area contributed by atoms with Crippen molar-refractivity contribution in [1.29, 1.82) is 5.41 Å². The average molecular weight is 358 g/mol. The minimum atomic E-state index is -0.700. The smallest absolute Gasteiger partial charge is 0.215 e. The Labute approximate surface area is 159 Å². The molecule has 0 bridgehead atoms. The maximum absolute atomic E-state index is 8.55. The fourth-order valence-electron chi connectivity index (χ4n) is 3.68. The van der Waals surface area contributed by atoms with Crippen molar-refractivity contribution in [3.8, 4) is 11.5 Å². The summed E-state index contributed by atoms with van der Waals surface area (Å²) in [7, 11) is 0. The van der Waals surface area contributed by atoms with Crippen molar-refractivity contribution in [2.75, 3.05) is 0 Å². The van der Waals surface area contributed by atoms with E-state index >= 15 is 0 Å². The summed E-state index contributed by atoms with van der Waals surface area (Å²) in [5, 5.41) is 8.55. The Balaban J connectivity index is 1.71. The molecule has 4 heteroatoms. The van der Waals surface area contributed by atoms with Crippen LogP contribution in [0.5, 0.6) is 11.5 Å². The molecule has 1 heterocycles. The summed E-state index contributed by atoms with van der Waals surface area (Å²) in [5.41, 5.74) is 9.38. The van der Waals surface area contributed by atoms with Crippen LogP contribution in [-0.4, -0.2) is 5.90 Å². The number of hydrogen-bond acceptors (Lipinski definition) is 4. The molecule has 0 spiro atoms. The Morgan fingerprint density at radius 1 is 0.926 bits per heavy atom. The molecule has 0 aromatic heterocycles. The minimum Gasteiger partial charge on any atom is -0.457 e. The molecule has 0 aliphatic carbocycles. The van der Waals surface area contributed by atoms with Gasteiger partial charge in [-0.05, 0) is 18.2 Å². The summed E-state index contributed by atoms with van der Waals surface area (Å²) in [6.45, 7) is 4.28. The van der Waals surface area contributed by atoms with E-state index < -0.39 is 6.23 Å². The van der Waals surface area contributed by atoms with Crippen molar-refractivity contribution in [2.24, 2.45) is 5.73 Å². The molecule has 1 aliphatic heterocycles. The molecule has 3 N–H and O–H groups in total. The van der Waals surface area contributed by atoms with E-state index in [1.165, 1.54) is 0 Å². The second-order valence-electron chi connectivity index (χ2n) is 7.18. The number of fused-ring (bicyclic) bond motifs is 2. The molecule has 0 saturated carbocycles. The standard InChI is InChI=1S/C23H22N2O2/c1-23(2)17-12-6-7-13-18(17)26-19-14-8-11-16(20(19)23)22(25)27-21(24)15-9-4-3-5-10-15/h3-14,21,25H,24H2,1-2H3. The largest absolute Gasteiger partial charge is 0.457 e. The first kappa shape index (κ1) is 17.3. The van der Waals surface area contributed by atoms with Crippen LogP contribution in [0.3, 0.4) is 0 Å². The fourth-order valence-corrected chi connectivity index (χ4v) is 3.68. The number of hydrogen-bond donors (Lipinski definition) is 2. The monoisotopic (exact) mass is 358 g/mol. The normalized spacial score (nSPS) is 15.1. The Kier molecular flexibility index (Phi) is 4.21. The van der Waals surface area contributed by atoms with Gasteiger partial charge in [-0.15, -0.1) is 0 Å². The van der Waals surface area contributed by atoms with E-state index in [0.717, 1.165) is 28.2 Å². The van der Waals surface area contributed by atoms with Gasteiger partial charge in [-0.3, -0.25) is 11.1 Å². The van der Waals surface area contributed by atoms with E-state index in [1.54, 1.807) is 0 Å². The molecule has 136 valence electrons. The summed E-state index contributed by atoms with van der Waals surface area (Å²) in [4.78, 5) is 0. The van der Waals surface area contributed by atoms with Gasteiger partial charge in [-0.1, -0.05) is 68.4 Å². The number of nitrogens with two attached hydrogens (primary N) is 1. The van der Waals surface area contributed by atoms with E-state index in [4.69, 9.17) is 20.6 Å². The number of rotatable bonds is 3. The predicted molar refractivity (Wildman–Crippen MR) is 106 cm³/mol. The highest BCUT2D eigenvalue weighted by atomic mass is 16.5. The first-order chi connectivity index (χ1) is 13.0. The highest BCUT2D eigenvalue weighted by Crippen LogP contribution is 2.49. The van der Waals surface area contributed by atoms with Crippen LogP contribution in [-0.2, 0) is 10.2 Å². The van der Waals surface area contributed by atoms with Gasteiger partial charge in [0, 0.05) is 27.7 Å². The van der Waals surface area contributed by atoms with Gasteiger partial charge in [0.05, 0.1) is 0 Å². The molecular weight excluding hydrogens is 336 g/mol. The van der Waals surface area contributed by atoms with Gasteiger partial charge in [0.2, 0.25) is 5.90 Å². The lowest BCUT2D eigenvalue weighted by Crippen LogP contribution is -2.28. The topological polar surface area (TPSA) is 68.3 Å². The van der Waals surface area contributed by atoms with Gasteiger partial charge in [-0.25, -0.2) is 0 Å². The highest BCUT2D eigenvalue weighted by molar-refractivity contribution is 5.95. The third kappa shape index (κ3) is 2.98. The lowest BCUT2D eigenvalue weighted by molar-refractivity contribution is 0.198. The lowest BCUT2D eigenvalue weighted by Gasteiger charge is -2.36. The Hall–Kier alpha value is -3.11. The van der Waals surface area contributed by atoms with Crippen LogP contribution in [0.25, 0.3) is 0 Å². The summed E-state index contributed by atoms with van der Waals surface area (Å²) < 4.78 is 11.9. The lowest BCUT2D eigenvalue weighted by atomic mass is 9.74. The van der Waals surface area contributed by atoms with Crippen LogP contribution in [0.4, 0.5) is 0 Å². The van der Waals surface area contributed by atoms with Gasteiger partial charge in [-0.2, -0.15) is 0 Å². The molecule has 3 aromatic carbocycles. The third-order valence-corrected chi connectivity index (χ3v) is 5.05. The summed E-state index contributed by atoms with van der Waals surface area (Å²) in [6.07, 6.45) is -0.700. The predicted octanol–water partition coefficient (Wildman–Crippen LogP) is 5.12. The molecule has 0 fully saturated rings. The second-order valence-corrected chi connectivity index (χ2v) is 7.18. The first-order valence-corrected chi connectivity index (χ1v) is 8.95. The maximum atomic E-state index is 8.55. The molecule has 1 atom stereocenters. The molecule has 1 unspecified atom stereocenters. The third-order valence-electron chi connectivity index (χ3n) is 5.05. The van der Waals surface area contributed by atoms with E-state index in [1.807, 2.05) is 66.7 Å². The summed E-state index contributed by atoms with van der Waals surface area (Å²) in [5.74, 6) is 1.64. The number of para-hydroxylation sites is 1. The Morgan fingerprint density at radius 2 is 1.59 bits per heavy atom. The van der Waals surface area contributed by atoms with Gasteiger partial charge in [0.15, 0.2) is 6.23 Å². The van der Waals surface area contributed by atoms with Gasteiger partial charge in [0.1, 0.15) is 11.5 Å². The zero-order valence-electron chi connectivity index (χ0n) is 15.4. The molecule has 4 rings (SSSR count). The van der Waals surface area contributed by atoms with Crippen molar-refractivity contribution < 1.29 is 9.47 Å². The molecule has 0 radical (unpaired) electrons. The molecule has 3 aromatic rings. The van der Waals surface area contributed by atoms with E-state index in [-0.39, 0.29) is 11.3 Å². The maximum Gasteiger partial charge on any atom is 0.215 e. The van der Waals surface area contributed by atoms with Crippen molar-refractivity contribution in [2.45, 2.75) is 25.5 Å². The molecule has 1 aliphatic rings. The van der Waals surface area contributed by atoms with Crippen LogP contribution in [0.15, 0.2) is 72.8 Å². The van der Waals surface area contributed by atoms with Gasteiger partial charge >= 0.3 is 0 Å². The zero-order chi connectivity index (χ0) is 19.0. The highest BCUT2D eigenvalue weighted by Gasteiger charge is 2.37. The molecule has 27 heavy (non-hydrogen) atoms. The summed E-state index contributed by atoms with van der Waals surface area (Å²) >= 11 is 0. The fraction of sp³-hybridized carbons (Fsp3) is 0.174. The van der Waals surface area contributed by atoms with Crippen LogP contribution in [0, 0.1) is 5.41 Å². The van der Waals surface area contributed by atoms with Gasteiger partial charge in [0.25, 0.3) is 0 Å². The number of nitrogens with one attached hydrogen (secondary N) is 1.